The molecular weight excluding hydrogens is 435 g/mol. The molecule has 31 heavy (non-hydrogen) atoms. The topological polar surface area (TPSA) is 99.7 Å². The molecule has 3 aromatic heterocycles. The molecular formula is C19H17ClF3N7O. The summed E-state index contributed by atoms with van der Waals surface area (Å²) in [5, 5.41) is 9.21. The van der Waals surface area contributed by atoms with Crippen LogP contribution in [-0.4, -0.2) is 37.6 Å². The predicted octanol–water partition coefficient (Wildman–Crippen LogP) is 3.78. The van der Waals surface area contributed by atoms with E-state index in [9.17, 15) is 18.0 Å². The third-order valence-corrected chi connectivity index (χ3v) is 5.14. The number of alkyl halides is 3. The van der Waals surface area contributed by atoms with Crippen LogP contribution in [0.3, 0.4) is 0 Å². The highest BCUT2D eigenvalue weighted by Gasteiger charge is 2.33. The van der Waals surface area contributed by atoms with E-state index < -0.39 is 17.8 Å². The quantitative estimate of drug-likeness (QED) is 0.626. The SMILES string of the molecule is Cc1cc2c(nc1NC(=O)c1[nH]ncc1Cl)CCCN2Cc1cnc(C(F)(F)F)cn1. The van der Waals surface area contributed by atoms with Gasteiger partial charge in [-0.25, -0.2) is 9.97 Å². The fourth-order valence-electron chi connectivity index (χ4n) is 3.32. The lowest BCUT2D eigenvalue weighted by molar-refractivity contribution is -0.141. The molecule has 4 rings (SSSR count). The van der Waals surface area contributed by atoms with Gasteiger partial charge in [-0.15, -0.1) is 0 Å². The van der Waals surface area contributed by atoms with E-state index in [1.165, 1.54) is 6.20 Å². The molecule has 0 spiro atoms. The van der Waals surface area contributed by atoms with Crippen molar-refractivity contribution in [2.24, 2.45) is 0 Å². The first-order chi connectivity index (χ1) is 14.7. The number of hydrogen-bond donors (Lipinski definition) is 2. The normalized spacial score (nSPS) is 13.8. The number of aromatic nitrogens is 5. The van der Waals surface area contributed by atoms with Crippen LogP contribution in [0.15, 0.2) is 24.7 Å². The molecule has 3 aromatic rings. The number of carbonyl (C=O) groups excluding carboxylic acids is 1. The highest BCUT2D eigenvalue weighted by atomic mass is 35.5. The van der Waals surface area contributed by atoms with Crippen molar-refractivity contribution in [3.8, 4) is 0 Å². The number of H-pyrrole nitrogens is 1. The van der Waals surface area contributed by atoms with E-state index in [0.717, 1.165) is 35.8 Å². The second-order valence-electron chi connectivity index (χ2n) is 7.08. The summed E-state index contributed by atoms with van der Waals surface area (Å²) in [4.78, 5) is 26.4. The molecule has 0 unspecified atom stereocenters. The van der Waals surface area contributed by atoms with Crippen LogP contribution in [0.1, 0.15) is 39.6 Å². The van der Waals surface area contributed by atoms with Crippen LogP contribution in [-0.2, 0) is 19.1 Å². The standard InChI is InChI=1S/C19H17ClF3N7O/c1-10-5-14-13(27-17(10)28-18(31)16-12(20)7-26-29-16)3-2-4-30(14)9-11-6-25-15(8-24-11)19(21,22)23/h5-8H,2-4,9H2,1H3,(H,26,29)(H,27,28,31). The Morgan fingerprint density at radius 2 is 2.10 bits per heavy atom. The molecule has 1 aliphatic rings. The van der Waals surface area contributed by atoms with E-state index in [4.69, 9.17) is 11.6 Å². The van der Waals surface area contributed by atoms with Crippen molar-refractivity contribution in [2.75, 3.05) is 16.8 Å². The first-order valence-corrected chi connectivity index (χ1v) is 9.74. The highest BCUT2D eigenvalue weighted by Crippen LogP contribution is 2.31. The Balaban J connectivity index is 1.54. The predicted molar refractivity (Wildman–Crippen MR) is 107 cm³/mol. The van der Waals surface area contributed by atoms with Crippen LogP contribution < -0.4 is 10.2 Å². The summed E-state index contributed by atoms with van der Waals surface area (Å²) in [7, 11) is 0. The molecule has 8 nitrogen and oxygen atoms in total. The monoisotopic (exact) mass is 451 g/mol. The first kappa shape index (κ1) is 21.0. The number of hydrogen-bond acceptors (Lipinski definition) is 6. The van der Waals surface area contributed by atoms with Crippen molar-refractivity contribution in [1.29, 1.82) is 0 Å². The maximum absolute atomic E-state index is 12.7. The molecule has 0 bridgehead atoms. The lowest BCUT2D eigenvalue weighted by Gasteiger charge is -2.31. The maximum Gasteiger partial charge on any atom is 0.434 e. The molecule has 1 aliphatic heterocycles. The summed E-state index contributed by atoms with van der Waals surface area (Å²) < 4.78 is 38.1. The number of halogens is 4. The molecule has 0 radical (unpaired) electrons. The fraction of sp³-hybridized carbons (Fsp3) is 0.316. The van der Waals surface area contributed by atoms with Crippen LogP contribution >= 0.6 is 11.6 Å². The lowest BCUT2D eigenvalue weighted by Crippen LogP contribution is -2.30. The number of rotatable bonds is 4. The molecule has 0 atom stereocenters. The van der Waals surface area contributed by atoms with Crippen LogP contribution in [0, 0.1) is 6.92 Å². The van der Waals surface area contributed by atoms with Crippen molar-refractivity contribution < 1.29 is 18.0 Å². The number of fused-ring (bicyclic) bond motifs is 1. The van der Waals surface area contributed by atoms with Crippen molar-refractivity contribution in [2.45, 2.75) is 32.5 Å². The number of nitrogens with zero attached hydrogens (tertiary/aromatic N) is 5. The molecule has 0 fully saturated rings. The maximum atomic E-state index is 12.7. The molecule has 12 heteroatoms. The molecule has 4 heterocycles. The summed E-state index contributed by atoms with van der Waals surface area (Å²) in [6.07, 6.45) is 0.204. The van der Waals surface area contributed by atoms with E-state index in [1.807, 2.05) is 17.9 Å². The Bertz CT molecular complexity index is 1110. The largest absolute Gasteiger partial charge is 0.434 e. The van der Waals surface area contributed by atoms with Gasteiger partial charge in [0.05, 0.1) is 47.2 Å². The second kappa shape index (κ2) is 8.14. The third kappa shape index (κ3) is 4.46. The lowest BCUT2D eigenvalue weighted by atomic mass is 10.1. The minimum absolute atomic E-state index is 0.142. The number of aryl methyl sites for hydroxylation is 2. The second-order valence-corrected chi connectivity index (χ2v) is 7.49. The Morgan fingerprint density at radius 1 is 1.29 bits per heavy atom. The van der Waals surface area contributed by atoms with Crippen molar-refractivity contribution >= 4 is 29.0 Å². The van der Waals surface area contributed by atoms with Crippen LogP contribution in [0.25, 0.3) is 0 Å². The van der Waals surface area contributed by atoms with E-state index in [-0.39, 0.29) is 10.7 Å². The van der Waals surface area contributed by atoms with Gasteiger partial charge in [-0.05, 0) is 31.4 Å². The van der Waals surface area contributed by atoms with E-state index in [1.54, 1.807) is 0 Å². The van der Waals surface area contributed by atoms with Crippen molar-refractivity contribution in [3.05, 3.63) is 58.0 Å². The van der Waals surface area contributed by atoms with Gasteiger partial charge in [0.1, 0.15) is 11.5 Å². The van der Waals surface area contributed by atoms with Crippen LogP contribution in [0.5, 0.6) is 0 Å². The van der Waals surface area contributed by atoms with Gasteiger partial charge in [-0.2, -0.15) is 18.3 Å². The zero-order valence-electron chi connectivity index (χ0n) is 16.3. The Morgan fingerprint density at radius 3 is 2.74 bits per heavy atom. The number of anilines is 2. The highest BCUT2D eigenvalue weighted by molar-refractivity contribution is 6.34. The zero-order valence-corrected chi connectivity index (χ0v) is 17.0. The average molecular weight is 452 g/mol. The van der Waals surface area contributed by atoms with Gasteiger partial charge in [-0.3, -0.25) is 14.9 Å². The minimum Gasteiger partial charge on any atom is -0.364 e. The Labute approximate surface area is 179 Å². The van der Waals surface area contributed by atoms with Gasteiger partial charge >= 0.3 is 6.18 Å². The number of aromatic amines is 1. The van der Waals surface area contributed by atoms with E-state index >= 15 is 0 Å². The minimum atomic E-state index is -4.52. The number of carbonyl (C=O) groups is 1. The molecule has 0 saturated heterocycles. The Hall–Kier alpha value is -3.21. The summed E-state index contributed by atoms with van der Waals surface area (Å²) in [6.45, 7) is 2.81. The fourth-order valence-corrected chi connectivity index (χ4v) is 3.50. The van der Waals surface area contributed by atoms with E-state index in [2.05, 4.69) is 30.5 Å². The molecule has 2 N–H and O–H groups in total. The molecule has 0 aromatic carbocycles. The first-order valence-electron chi connectivity index (χ1n) is 9.36. The molecule has 0 saturated carbocycles. The molecule has 0 aliphatic carbocycles. The van der Waals surface area contributed by atoms with Gasteiger partial charge < -0.3 is 10.2 Å². The van der Waals surface area contributed by atoms with E-state index in [0.29, 0.717) is 31.0 Å². The van der Waals surface area contributed by atoms with Gasteiger partial charge in [0.2, 0.25) is 0 Å². The van der Waals surface area contributed by atoms with Crippen molar-refractivity contribution in [1.82, 2.24) is 25.1 Å². The smallest absolute Gasteiger partial charge is 0.364 e. The van der Waals surface area contributed by atoms with Gasteiger partial charge in [0.25, 0.3) is 5.91 Å². The number of pyridine rings is 1. The average Bonchev–Trinajstić information content (AvgIpc) is 3.15. The molecule has 1 amide bonds. The number of amides is 1. The summed E-state index contributed by atoms with van der Waals surface area (Å²) in [5.74, 6) is -0.0451. The van der Waals surface area contributed by atoms with Gasteiger partial charge in [0, 0.05) is 6.54 Å². The number of nitrogens with one attached hydrogen (secondary N) is 2. The molecule has 162 valence electrons. The summed E-state index contributed by atoms with van der Waals surface area (Å²) in [5.41, 5.74) is 1.90. The summed E-state index contributed by atoms with van der Waals surface area (Å²) >= 11 is 5.93. The third-order valence-electron chi connectivity index (χ3n) is 4.85. The Kier molecular flexibility index (Phi) is 5.52. The van der Waals surface area contributed by atoms with Gasteiger partial charge in [0.15, 0.2) is 5.69 Å². The summed E-state index contributed by atoms with van der Waals surface area (Å²) in [6, 6.07) is 1.89. The van der Waals surface area contributed by atoms with Gasteiger partial charge in [-0.1, -0.05) is 11.6 Å². The van der Waals surface area contributed by atoms with Crippen LogP contribution in [0.4, 0.5) is 24.7 Å². The zero-order chi connectivity index (χ0) is 22.2. The van der Waals surface area contributed by atoms with Crippen LogP contribution in [0.2, 0.25) is 5.02 Å². The van der Waals surface area contributed by atoms with Crippen molar-refractivity contribution in [3.63, 3.8) is 0 Å².